The number of nitrogens with two attached hydrogens (primary N) is 1. The van der Waals surface area contributed by atoms with E-state index in [9.17, 15) is 4.21 Å². The predicted molar refractivity (Wildman–Crippen MR) is 63.3 cm³/mol. The number of hydrogen-bond acceptors (Lipinski definition) is 3. The van der Waals surface area contributed by atoms with Crippen LogP contribution in [0.25, 0.3) is 0 Å². The number of benzene rings is 1. The Bertz CT molecular complexity index is 344. The minimum Gasteiger partial charge on any atom is -0.397 e. The van der Waals surface area contributed by atoms with Crippen LogP contribution in [0.2, 0.25) is 5.02 Å². The van der Waals surface area contributed by atoms with Crippen LogP contribution in [0.15, 0.2) is 18.2 Å². The SMILES string of the molecule is CS(=O)CCNc1cc(Cl)ccc1N. The largest absolute Gasteiger partial charge is 0.397 e. The fourth-order valence-corrected chi connectivity index (χ4v) is 1.57. The first-order chi connectivity index (χ1) is 6.59. The van der Waals surface area contributed by atoms with Gasteiger partial charge in [-0.05, 0) is 18.2 Å². The predicted octanol–water partition coefficient (Wildman–Crippen LogP) is 1.71. The summed E-state index contributed by atoms with van der Waals surface area (Å²) >= 11 is 5.80. The molecule has 0 heterocycles. The molecular formula is C9H13ClN2OS. The molecule has 0 bridgehead atoms. The van der Waals surface area contributed by atoms with E-state index in [2.05, 4.69) is 5.32 Å². The van der Waals surface area contributed by atoms with Crippen LogP contribution in [0.5, 0.6) is 0 Å². The van der Waals surface area contributed by atoms with Gasteiger partial charge in [-0.2, -0.15) is 0 Å². The van der Waals surface area contributed by atoms with Crippen molar-refractivity contribution in [3.63, 3.8) is 0 Å². The Balaban J connectivity index is 2.57. The van der Waals surface area contributed by atoms with Crippen LogP contribution in [0.1, 0.15) is 0 Å². The van der Waals surface area contributed by atoms with E-state index in [-0.39, 0.29) is 0 Å². The van der Waals surface area contributed by atoms with E-state index >= 15 is 0 Å². The molecule has 1 aromatic carbocycles. The molecule has 78 valence electrons. The quantitative estimate of drug-likeness (QED) is 0.778. The average molecular weight is 233 g/mol. The number of halogens is 1. The summed E-state index contributed by atoms with van der Waals surface area (Å²) in [7, 11) is -0.787. The Labute approximate surface area is 91.1 Å². The van der Waals surface area contributed by atoms with Gasteiger partial charge >= 0.3 is 0 Å². The molecule has 3 N–H and O–H groups in total. The molecule has 0 saturated heterocycles. The Hall–Kier alpha value is -0.740. The summed E-state index contributed by atoms with van der Waals surface area (Å²) < 4.78 is 10.8. The number of hydrogen-bond donors (Lipinski definition) is 2. The molecule has 5 heteroatoms. The smallest absolute Gasteiger partial charge is 0.0589 e. The average Bonchev–Trinajstić information content (AvgIpc) is 2.10. The second kappa shape index (κ2) is 5.22. The molecule has 3 nitrogen and oxygen atoms in total. The fourth-order valence-electron chi connectivity index (χ4n) is 1.01. The lowest BCUT2D eigenvalue weighted by atomic mass is 10.3. The van der Waals surface area contributed by atoms with Crippen molar-refractivity contribution in [3.05, 3.63) is 23.2 Å². The lowest BCUT2D eigenvalue weighted by Crippen LogP contribution is -2.10. The highest BCUT2D eigenvalue weighted by molar-refractivity contribution is 7.84. The van der Waals surface area contributed by atoms with Gasteiger partial charge in [0.05, 0.1) is 11.4 Å². The number of anilines is 2. The summed E-state index contributed by atoms with van der Waals surface area (Å²) in [6, 6.07) is 5.24. The minimum absolute atomic E-state index is 0.603. The Morgan fingerprint density at radius 1 is 1.57 bits per heavy atom. The Morgan fingerprint density at radius 2 is 2.29 bits per heavy atom. The summed E-state index contributed by atoms with van der Waals surface area (Å²) in [5, 5.41) is 3.72. The first-order valence-corrected chi connectivity index (χ1v) is 6.29. The van der Waals surface area contributed by atoms with Gasteiger partial charge in [0.25, 0.3) is 0 Å². The second-order valence-electron chi connectivity index (χ2n) is 2.94. The molecule has 0 fully saturated rings. The first kappa shape index (κ1) is 11.3. The molecule has 1 rings (SSSR count). The van der Waals surface area contributed by atoms with E-state index in [0.29, 0.717) is 23.0 Å². The molecule has 0 aliphatic heterocycles. The Morgan fingerprint density at radius 3 is 2.93 bits per heavy atom. The van der Waals surface area contributed by atoms with Gasteiger partial charge in [0, 0.05) is 34.4 Å². The van der Waals surface area contributed by atoms with Crippen molar-refractivity contribution < 1.29 is 4.21 Å². The number of nitrogens with one attached hydrogen (secondary N) is 1. The van der Waals surface area contributed by atoms with Gasteiger partial charge in [0.1, 0.15) is 0 Å². The number of nitrogen functional groups attached to an aromatic ring is 1. The third-order valence-electron chi connectivity index (χ3n) is 1.72. The third kappa shape index (κ3) is 3.55. The van der Waals surface area contributed by atoms with Crippen LogP contribution < -0.4 is 11.1 Å². The summed E-state index contributed by atoms with van der Waals surface area (Å²) in [6.45, 7) is 0.633. The molecule has 1 atom stereocenters. The lowest BCUT2D eigenvalue weighted by Gasteiger charge is -2.08. The zero-order valence-corrected chi connectivity index (χ0v) is 9.49. The molecule has 0 aromatic heterocycles. The normalized spacial score (nSPS) is 12.4. The van der Waals surface area contributed by atoms with Gasteiger partial charge in [0.2, 0.25) is 0 Å². The monoisotopic (exact) mass is 232 g/mol. The van der Waals surface area contributed by atoms with E-state index in [0.717, 1.165) is 5.69 Å². The summed E-state index contributed by atoms with van der Waals surface area (Å²) in [4.78, 5) is 0. The van der Waals surface area contributed by atoms with Crippen molar-refractivity contribution in [2.75, 3.05) is 29.6 Å². The van der Waals surface area contributed by atoms with Crippen LogP contribution in [-0.2, 0) is 10.8 Å². The summed E-state index contributed by atoms with van der Waals surface area (Å²) in [5.41, 5.74) is 7.15. The zero-order chi connectivity index (χ0) is 10.6. The van der Waals surface area contributed by atoms with E-state index in [1.807, 2.05) is 0 Å². The maximum Gasteiger partial charge on any atom is 0.0589 e. The van der Waals surface area contributed by atoms with Gasteiger partial charge in [-0.1, -0.05) is 11.6 Å². The van der Waals surface area contributed by atoms with E-state index in [1.54, 1.807) is 24.5 Å². The van der Waals surface area contributed by atoms with Crippen molar-refractivity contribution in [2.24, 2.45) is 0 Å². The maximum absolute atomic E-state index is 10.8. The van der Waals surface area contributed by atoms with E-state index < -0.39 is 10.8 Å². The van der Waals surface area contributed by atoms with Crippen molar-refractivity contribution in [2.45, 2.75) is 0 Å². The maximum atomic E-state index is 10.8. The molecule has 14 heavy (non-hydrogen) atoms. The highest BCUT2D eigenvalue weighted by atomic mass is 35.5. The molecule has 0 saturated carbocycles. The van der Waals surface area contributed by atoms with E-state index in [4.69, 9.17) is 17.3 Å². The highest BCUT2D eigenvalue weighted by Gasteiger charge is 1.99. The van der Waals surface area contributed by atoms with Gasteiger partial charge in [-0.15, -0.1) is 0 Å². The summed E-state index contributed by atoms with van der Waals surface area (Å²) in [5.74, 6) is 0.603. The number of rotatable bonds is 4. The van der Waals surface area contributed by atoms with E-state index in [1.165, 1.54) is 0 Å². The van der Waals surface area contributed by atoms with Crippen LogP contribution in [0.4, 0.5) is 11.4 Å². The van der Waals surface area contributed by atoms with Crippen LogP contribution in [-0.4, -0.2) is 22.8 Å². The molecule has 1 aromatic rings. The third-order valence-corrected chi connectivity index (χ3v) is 2.73. The topological polar surface area (TPSA) is 55.1 Å². The molecule has 0 aliphatic rings. The van der Waals surface area contributed by atoms with Crippen LogP contribution >= 0.6 is 11.6 Å². The van der Waals surface area contributed by atoms with Gasteiger partial charge in [0.15, 0.2) is 0 Å². The molecule has 0 amide bonds. The molecule has 1 unspecified atom stereocenters. The zero-order valence-electron chi connectivity index (χ0n) is 7.92. The van der Waals surface area contributed by atoms with Crippen molar-refractivity contribution >= 4 is 33.8 Å². The van der Waals surface area contributed by atoms with Gasteiger partial charge in [-0.25, -0.2) is 0 Å². The minimum atomic E-state index is -0.787. The van der Waals surface area contributed by atoms with Crippen LogP contribution in [0.3, 0.4) is 0 Å². The Kier molecular flexibility index (Phi) is 4.22. The molecule has 0 spiro atoms. The van der Waals surface area contributed by atoms with Gasteiger partial charge < -0.3 is 11.1 Å². The first-order valence-electron chi connectivity index (χ1n) is 4.18. The molecule has 0 aliphatic carbocycles. The van der Waals surface area contributed by atoms with Crippen LogP contribution in [0, 0.1) is 0 Å². The van der Waals surface area contributed by atoms with Crippen molar-refractivity contribution in [3.8, 4) is 0 Å². The fraction of sp³-hybridized carbons (Fsp3) is 0.333. The lowest BCUT2D eigenvalue weighted by molar-refractivity contribution is 0.687. The highest BCUT2D eigenvalue weighted by Crippen LogP contribution is 2.22. The van der Waals surface area contributed by atoms with Crippen molar-refractivity contribution in [1.29, 1.82) is 0 Å². The molecule has 0 radical (unpaired) electrons. The summed E-state index contributed by atoms with van der Waals surface area (Å²) in [6.07, 6.45) is 1.67. The standard InChI is InChI=1S/C9H13ClN2OS/c1-14(13)5-4-12-9-6-7(10)2-3-8(9)11/h2-3,6,12H,4-5,11H2,1H3. The second-order valence-corrected chi connectivity index (χ2v) is 4.93. The van der Waals surface area contributed by atoms with Crippen molar-refractivity contribution in [1.82, 2.24) is 0 Å². The van der Waals surface area contributed by atoms with Gasteiger partial charge in [-0.3, -0.25) is 4.21 Å². The molecular weight excluding hydrogens is 220 g/mol.